The van der Waals surface area contributed by atoms with Gasteiger partial charge in [-0.05, 0) is 17.5 Å². The first-order chi connectivity index (χ1) is 11.3. The van der Waals surface area contributed by atoms with Crippen molar-refractivity contribution in [3.05, 3.63) is 71.8 Å². The zero-order valence-corrected chi connectivity index (χ0v) is 13.1. The minimum absolute atomic E-state index is 0.332. The van der Waals surface area contributed by atoms with Gasteiger partial charge in [-0.2, -0.15) is 0 Å². The van der Waals surface area contributed by atoms with Gasteiger partial charge in [0.2, 0.25) is 0 Å². The number of benzene rings is 2. The maximum absolute atomic E-state index is 9.89. The van der Waals surface area contributed by atoms with Crippen LogP contribution in [0, 0.1) is 11.8 Å². The van der Waals surface area contributed by atoms with Crippen LogP contribution in [0.1, 0.15) is 30.1 Å². The van der Waals surface area contributed by atoms with Gasteiger partial charge in [-0.3, -0.25) is 0 Å². The van der Waals surface area contributed by atoms with Crippen LogP contribution in [0.15, 0.2) is 60.7 Å². The van der Waals surface area contributed by atoms with Gasteiger partial charge in [0.15, 0.2) is 0 Å². The van der Waals surface area contributed by atoms with Crippen LogP contribution in [0.2, 0.25) is 0 Å². The number of hydrogen-bond donors (Lipinski definition) is 2. The third-order valence-electron chi connectivity index (χ3n) is 3.40. The van der Waals surface area contributed by atoms with Gasteiger partial charge < -0.3 is 14.9 Å². The molecule has 2 aromatic carbocycles. The highest BCUT2D eigenvalue weighted by Gasteiger charge is 2.04. The molecule has 3 nitrogen and oxygen atoms in total. The maximum Gasteiger partial charge on any atom is 0.140 e. The monoisotopic (exact) mass is 310 g/mol. The quantitative estimate of drug-likeness (QED) is 0.610. The van der Waals surface area contributed by atoms with E-state index in [1.807, 2.05) is 60.7 Å². The summed E-state index contributed by atoms with van der Waals surface area (Å²) in [5.74, 6) is 5.59. The van der Waals surface area contributed by atoms with Gasteiger partial charge in [-0.25, -0.2) is 0 Å². The van der Waals surface area contributed by atoms with E-state index in [0.717, 1.165) is 11.1 Å². The number of rotatable bonds is 7. The van der Waals surface area contributed by atoms with Gasteiger partial charge in [-0.15, -0.1) is 0 Å². The lowest BCUT2D eigenvalue weighted by Gasteiger charge is -2.08. The third-order valence-corrected chi connectivity index (χ3v) is 3.40. The summed E-state index contributed by atoms with van der Waals surface area (Å²) in [5, 5.41) is 19.8. The van der Waals surface area contributed by atoms with Crippen molar-refractivity contribution >= 4 is 0 Å². The molecule has 120 valence electrons. The first kappa shape index (κ1) is 17.2. The molecular formula is C20H22O3. The van der Waals surface area contributed by atoms with Crippen molar-refractivity contribution in [1.29, 1.82) is 0 Å². The number of aliphatic hydroxyl groups excluding tert-OH is 2. The summed E-state index contributed by atoms with van der Waals surface area (Å²) in [6.07, 6.45) is -0.486. The second-order valence-electron chi connectivity index (χ2n) is 5.32. The highest BCUT2D eigenvalue weighted by Crippen LogP contribution is 2.10. The van der Waals surface area contributed by atoms with E-state index in [-0.39, 0.29) is 0 Å². The topological polar surface area (TPSA) is 49.7 Å². The zero-order chi connectivity index (χ0) is 16.3. The Kier molecular flexibility index (Phi) is 7.35. The smallest absolute Gasteiger partial charge is 0.140 e. The summed E-state index contributed by atoms with van der Waals surface area (Å²) in [7, 11) is 0. The molecule has 2 aromatic rings. The van der Waals surface area contributed by atoms with Crippen LogP contribution in [0.4, 0.5) is 0 Å². The molecule has 0 fully saturated rings. The average Bonchev–Trinajstić information content (AvgIpc) is 2.60. The van der Waals surface area contributed by atoms with Gasteiger partial charge in [-0.1, -0.05) is 72.5 Å². The molecule has 3 heteroatoms. The minimum Gasteiger partial charge on any atom is -0.392 e. The van der Waals surface area contributed by atoms with Crippen molar-refractivity contribution in [2.24, 2.45) is 0 Å². The highest BCUT2D eigenvalue weighted by atomic mass is 16.5. The van der Waals surface area contributed by atoms with E-state index in [9.17, 15) is 10.2 Å². The van der Waals surface area contributed by atoms with Gasteiger partial charge in [0.1, 0.15) is 6.10 Å². The SMILES string of the molecule is O[C@H](CC#C[C@H](O)c1ccccc1)CCOCc1ccccc1. The lowest BCUT2D eigenvalue weighted by Crippen LogP contribution is -2.09. The summed E-state index contributed by atoms with van der Waals surface area (Å²) in [4.78, 5) is 0. The summed E-state index contributed by atoms with van der Waals surface area (Å²) < 4.78 is 5.53. The van der Waals surface area contributed by atoms with Crippen molar-refractivity contribution in [3.63, 3.8) is 0 Å². The van der Waals surface area contributed by atoms with Crippen molar-refractivity contribution < 1.29 is 14.9 Å². The Balaban J connectivity index is 1.64. The van der Waals surface area contributed by atoms with Crippen LogP contribution < -0.4 is 0 Å². The van der Waals surface area contributed by atoms with Crippen LogP contribution in [0.3, 0.4) is 0 Å². The van der Waals surface area contributed by atoms with Crippen molar-refractivity contribution in [3.8, 4) is 11.8 Å². The van der Waals surface area contributed by atoms with E-state index in [1.165, 1.54) is 0 Å². The summed E-state index contributed by atoms with van der Waals surface area (Å²) in [6, 6.07) is 19.2. The molecule has 0 aliphatic heterocycles. The summed E-state index contributed by atoms with van der Waals surface area (Å²) in [5.41, 5.74) is 1.88. The molecule has 0 spiro atoms. The highest BCUT2D eigenvalue weighted by molar-refractivity contribution is 5.24. The molecular weight excluding hydrogens is 288 g/mol. The van der Waals surface area contributed by atoms with Crippen LogP contribution in [-0.2, 0) is 11.3 Å². The fourth-order valence-corrected chi connectivity index (χ4v) is 2.08. The van der Waals surface area contributed by atoms with Gasteiger partial charge >= 0.3 is 0 Å². The maximum atomic E-state index is 9.89. The summed E-state index contributed by atoms with van der Waals surface area (Å²) >= 11 is 0. The Labute approximate surface area is 137 Å². The Bertz CT molecular complexity index is 614. The van der Waals surface area contributed by atoms with Crippen LogP contribution in [0.25, 0.3) is 0 Å². The molecule has 0 aromatic heterocycles. The molecule has 23 heavy (non-hydrogen) atoms. The Hall–Kier alpha value is -2.12. The second-order valence-corrected chi connectivity index (χ2v) is 5.32. The van der Waals surface area contributed by atoms with Crippen molar-refractivity contribution in [2.75, 3.05) is 6.61 Å². The van der Waals surface area contributed by atoms with E-state index in [2.05, 4.69) is 11.8 Å². The second kappa shape index (κ2) is 9.81. The van der Waals surface area contributed by atoms with Crippen molar-refractivity contribution in [2.45, 2.75) is 31.7 Å². The molecule has 0 bridgehead atoms. The van der Waals surface area contributed by atoms with Gasteiger partial charge in [0.25, 0.3) is 0 Å². The van der Waals surface area contributed by atoms with Gasteiger partial charge in [0.05, 0.1) is 12.7 Å². The van der Waals surface area contributed by atoms with Crippen LogP contribution in [-0.4, -0.2) is 22.9 Å². The molecule has 2 rings (SSSR count). The van der Waals surface area contributed by atoms with Crippen LogP contribution >= 0.6 is 0 Å². The number of ether oxygens (including phenoxy) is 1. The molecule has 0 unspecified atom stereocenters. The first-order valence-electron chi connectivity index (χ1n) is 7.77. The molecule has 0 aliphatic carbocycles. The van der Waals surface area contributed by atoms with Gasteiger partial charge in [0, 0.05) is 13.0 Å². The largest absolute Gasteiger partial charge is 0.392 e. The van der Waals surface area contributed by atoms with Crippen molar-refractivity contribution in [1.82, 2.24) is 0 Å². The Morgan fingerprint density at radius 2 is 1.57 bits per heavy atom. The summed E-state index contributed by atoms with van der Waals surface area (Å²) in [6.45, 7) is 1.03. The fraction of sp³-hybridized carbons (Fsp3) is 0.300. The van der Waals surface area contributed by atoms with Crippen LogP contribution in [0.5, 0.6) is 0 Å². The Morgan fingerprint density at radius 1 is 0.913 bits per heavy atom. The van der Waals surface area contributed by atoms with E-state index >= 15 is 0 Å². The predicted octanol–water partition coefficient (Wildman–Crippen LogP) is 3.08. The van der Waals surface area contributed by atoms with E-state index in [1.54, 1.807) is 0 Å². The van der Waals surface area contributed by atoms with E-state index in [0.29, 0.717) is 26.1 Å². The first-order valence-corrected chi connectivity index (χ1v) is 7.77. The number of aliphatic hydroxyl groups is 2. The molecule has 0 amide bonds. The molecule has 0 saturated carbocycles. The number of hydrogen-bond acceptors (Lipinski definition) is 3. The molecule has 0 aliphatic rings. The molecule has 2 atom stereocenters. The molecule has 0 heterocycles. The third kappa shape index (κ3) is 6.66. The normalized spacial score (nSPS) is 13.0. The lowest BCUT2D eigenvalue weighted by atomic mass is 10.1. The Morgan fingerprint density at radius 3 is 2.26 bits per heavy atom. The zero-order valence-electron chi connectivity index (χ0n) is 13.1. The molecule has 0 saturated heterocycles. The minimum atomic E-state index is -0.808. The molecule has 2 N–H and O–H groups in total. The average molecular weight is 310 g/mol. The lowest BCUT2D eigenvalue weighted by molar-refractivity contribution is 0.0753. The van der Waals surface area contributed by atoms with E-state index in [4.69, 9.17) is 4.74 Å². The van der Waals surface area contributed by atoms with E-state index < -0.39 is 12.2 Å². The predicted molar refractivity (Wildman–Crippen MR) is 90.5 cm³/mol. The standard InChI is InChI=1S/C20H22O3/c21-19(14-15-23-16-17-8-3-1-4-9-17)12-7-13-20(22)18-10-5-2-6-11-18/h1-6,8-11,19-22H,12,14-16H2/t19-,20+/m1/s1. The fourth-order valence-electron chi connectivity index (χ4n) is 2.08. The molecule has 0 radical (unpaired) electrons.